The van der Waals surface area contributed by atoms with Gasteiger partial charge in [0.25, 0.3) is 11.8 Å². The highest BCUT2D eigenvalue weighted by molar-refractivity contribution is 6.07. The molecule has 4 rings (SSSR count). The van der Waals surface area contributed by atoms with Gasteiger partial charge in [0.05, 0.1) is 13.7 Å². The van der Waals surface area contributed by atoms with Gasteiger partial charge in [-0.1, -0.05) is 12.1 Å². The fraction of sp³-hybridized carbons (Fsp3) is 0.160. The molecule has 174 valence electrons. The van der Waals surface area contributed by atoms with Crippen molar-refractivity contribution >= 4 is 23.5 Å². The van der Waals surface area contributed by atoms with Crippen molar-refractivity contribution in [1.29, 1.82) is 0 Å². The second-order valence-corrected chi connectivity index (χ2v) is 7.95. The number of methoxy groups -OCH3 is 1. The molecule has 0 saturated carbocycles. The van der Waals surface area contributed by atoms with E-state index in [1.54, 1.807) is 55.6 Å². The van der Waals surface area contributed by atoms with E-state index in [1.165, 1.54) is 6.92 Å². The average Bonchev–Trinajstić information content (AvgIpc) is 3.05. The fourth-order valence-corrected chi connectivity index (χ4v) is 3.73. The van der Waals surface area contributed by atoms with E-state index >= 15 is 0 Å². The van der Waals surface area contributed by atoms with Crippen molar-refractivity contribution in [1.82, 2.24) is 10.2 Å². The van der Waals surface area contributed by atoms with E-state index < -0.39 is 29.1 Å². The van der Waals surface area contributed by atoms with Gasteiger partial charge in [-0.05, 0) is 67.1 Å². The molecule has 1 atom stereocenters. The quantitative estimate of drug-likeness (QED) is 0.535. The van der Waals surface area contributed by atoms with Gasteiger partial charge in [0, 0.05) is 16.8 Å². The van der Waals surface area contributed by atoms with Gasteiger partial charge in [0.15, 0.2) is 0 Å². The lowest BCUT2D eigenvalue weighted by Crippen LogP contribution is -2.41. The summed E-state index contributed by atoms with van der Waals surface area (Å²) in [6, 6.07) is 15.2. The van der Waals surface area contributed by atoms with Gasteiger partial charge in [0.2, 0.25) is 0 Å². The smallest absolute Gasteiger partial charge is 0.325 e. The van der Waals surface area contributed by atoms with Crippen LogP contribution in [0.4, 0.5) is 19.3 Å². The first-order chi connectivity index (χ1) is 16.2. The number of halogens is 2. The molecule has 9 heteroatoms. The first-order valence-electron chi connectivity index (χ1n) is 10.4. The molecule has 7 nitrogen and oxygen atoms in total. The molecular weight excluding hydrogens is 444 g/mol. The van der Waals surface area contributed by atoms with Crippen LogP contribution in [0, 0.1) is 11.6 Å². The van der Waals surface area contributed by atoms with Gasteiger partial charge < -0.3 is 15.4 Å². The van der Waals surface area contributed by atoms with Crippen molar-refractivity contribution < 1.29 is 27.9 Å². The summed E-state index contributed by atoms with van der Waals surface area (Å²) in [4.78, 5) is 38.9. The summed E-state index contributed by atoms with van der Waals surface area (Å²) < 4.78 is 33.1. The van der Waals surface area contributed by atoms with Crippen LogP contribution in [-0.4, -0.2) is 29.9 Å². The Kier molecular flexibility index (Phi) is 6.02. The molecule has 1 fully saturated rings. The molecule has 1 unspecified atom stereocenters. The van der Waals surface area contributed by atoms with E-state index in [1.807, 2.05) is 0 Å². The molecule has 3 aromatic rings. The maximum absolute atomic E-state index is 14.3. The number of urea groups is 1. The largest absolute Gasteiger partial charge is 0.497 e. The van der Waals surface area contributed by atoms with Crippen LogP contribution in [0.2, 0.25) is 0 Å². The molecule has 0 aliphatic carbocycles. The molecule has 0 aromatic heterocycles. The molecule has 4 amide bonds. The number of rotatable bonds is 6. The van der Waals surface area contributed by atoms with Crippen LogP contribution in [0.15, 0.2) is 66.7 Å². The second kappa shape index (κ2) is 8.93. The van der Waals surface area contributed by atoms with Crippen molar-refractivity contribution in [3.05, 3.63) is 95.1 Å². The zero-order chi connectivity index (χ0) is 24.5. The highest BCUT2D eigenvalue weighted by Gasteiger charge is 2.50. The first-order valence-corrected chi connectivity index (χ1v) is 10.4. The van der Waals surface area contributed by atoms with Gasteiger partial charge in [0.1, 0.15) is 22.9 Å². The van der Waals surface area contributed by atoms with Gasteiger partial charge in [-0.15, -0.1) is 0 Å². The lowest BCUT2D eigenvalue weighted by Gasteiger charge is -2.23. The van der Waals surface area contributed by atoms with Crippen LogP contribution in [0.1, 0.15) is 28.4 Å². The Bertz CT molecular complexity index is 1260. The number of imide groups is 1. The molecule has 34 heavy (non-hydrogen) atoms. The van der Waals surface area contributed by atoms with E-state index in [4.69, 9.17) is 4.74 Å². The summed E-state index contributed by atoms with van der Waals surface area (Å²) >= 11 is 0. The number of hydrogen-bond acceptors (Lipinski definition) is 4. The molecular formula is C25H21F2N3O4. The van der Waals surface area contributed by atoms with Crippen molar-refractivity contribution in [3.8, 4) is 5.75 Å². The fourth-order valence-electron chi connectivity index (χ4n) is 3.73. The number of nitrogens with one attached hydrogen (secondary N) is 2. The monoisotopic (exact) mass is 465 g/mol. The Balaban J connectivity index is 1.46. The predicted octanol–water partition coefficient (Wildman–Crippen LogP) is 4.19. The number of ether oxygens (including phenoxy) is 1. The highest BCUT2D eigenvalue weighted by Crippen LogP contribution is 2.32. The summed E-state index contributed by atoms with van der Waals surface area (Å²) in [7, 11) is 1.55. The number of carbonyl (C=O) groups excluding carboxylic acids is 3. The zero-order valence-corrected chi connectivity index (χ0v) is 18.4. The summed E-state index contributed by atoms with van der Waals surface area (Å²) in [5, 5.41) is 5.22. The summed E-state index contributed by atoms with van der Waals surface area (Å²) in [6.45, 7) is 1.23. The van der Waals surface area contributed by atoms with E-state index in [9.17, 15) is 23.2 Å². The maximum atomic E-state index is 14.3. The van der Waals surface area contributed by atoms with Crippen LogP contribution in [-0.2, 0) is 16.9 Å². The molecule has 0 spiro atoms. The highest BCUT2D eigenvalue weighted by atomic mass is 19.1. The van der Waals surface area contributed by atoms with Gasteiger partial charge in [-0.3, -0.25) is 14.5 Å². The molecule has 1 saturated heterocycles. The third-order valence-corrected chi connectivity index (χ3v) is 5.65. The Hall–Kier alpha value is -4.27. The van der Waals surface area contributed by atoms with Crippen LogP contribution >= 0.6 is 0 Å². The van der Waals surface area contributed by atoms with Crippen molar-refractivity contribution in [3.63, 3.8) is 0 Å². The molecule has 1 heterocycles. The van der Waals surface area contributed by atoms with Crippen LogP contribution in [0.3, 0.4) is 0 Å². The van der Waals surface area contributed by atoms with Gasteiger partial charge in [-0.2, -0.15) is 0 Å². The van der Waals surface area contributed by atoms with Gasteiger partial charge in [-0.25, -0.2) is 13.6 Å². The maximum Gasteiger partial charge on any atom is 0.325 e. The van der Waals surface area contributed by atoms with Crippen molar-refractivity contribution in [2.75, 3.05) is 12.4 Å². The number of amides is 4. The van der Waals surface area contributed by atoms with E-state index in [2.05, 4.69) is 10.6 Å². The normalized spacial score (nSPS) is 17.5. The number of nitrogens with zero attached hydrogens (tertiary/aromatic N) is 1. The molecule has 0 bridgehead atoms. The Labute approximate surface area is 194 Å². The molecule has 1 aliphatic rings. The lowest BCUT2D eigenvalue weighted by molar-refractivity contribution is -0.131. The topological polar surface area (TPSA) is 87.7 Å². The minimum Gasteiger partial charge on any atom is -0.497 e. The van der Waals surface area contributed by atoms with Crippen LogP contribution in [0.25, 0.3) is 0 Å². The number of benzene rings is 3. The van der Waals surface area contributed by atoms with E-state index in [-0.39, 0.29) is 18.0 Å². The molecule has 2 N–H and O–H groups in total. The van der Waals surface area contributed by atoms with Crippen molar-refractivity contribution in [2.24, 2.45) is 0 Å². The average molecular weight is 465 g/mol. The standard InChI is InChI=1S/C25H21F2N3O4/c1-25(20-13-17(26)7-12-21(20)27)23(32)30(24(33)29-25)14-15-3-5-16(6-4-15)22(31)28-18-8-10-19(34-2)11-9-18/h3-13H,14H2,1-2H3,(H,28,31)(H,29,33). The number of anilines is 1. The van der Waals surface area contributed by atoms with E-state index in [0.29, 0.717) is 22.6 Å². The molecule has 1 aliphatic heterocycles. The van der Waals surface area contributed by atoms with Gasteiger partial charge >= 0.3 is 6.03 Å². The zero-order valence-electron chi connectivity index (χ0n) is 18.4. The SMILES string of the molecule is COc1ccc(NC(=O)c2ccc(CN3C(=O)NC(C)(c4cc(F)ccc4F)C3=O)cc2)cc1. The third-order valence-electron chi connectivity index (χ3n) is 5.65. The van der Waals surface area contributed by atoms with Crippen LogP contribution < -0.4 is 15.4 Å². The number of carbonyl (C=O) groups is 3. The lowest BCUT2D eigenvalue weighted by atomic mass is 9.91. The Morgan fingerprint density at radius 1 is 1.03 bits per heavy atom. The van der Waals surface area contributed by atoms with Crippen molar-refractivity contribution in [2.45, 2.75) is 19.0 Å². The Morgan fingerprint density at radius 2 is 1.71 bits per heavy atom. The van der Waals surface area contributed by atoms with Crippen LogP contribution in [0.5, 0.6) is 5.75 Å². The Morgan fingerprint density at radius 3 is 2.35 bits per heavy atom. The number of hydrogen-bond donors (Lipinski definition) is 2. The summed E-state index contributed by atoms with van der Waals surface area (Å²) in [5.74, 6) is -1.89. The minimum atomic E-state index is -1.73. The summed E-state index contributed by atoms with van der Waals surface area (Å²) in [6.07, 6.45) is 0. The predicted molar refractivity (Wildman–Crippen MR) is 120 cm³/mol. The molecule has 3 aromatic carbocycles. The second-order valence-electron chi connectivity index (χ2n) is 7.95. The molecule has 0 radical (unpaired) electrons. The van der Waals surface area contributed by atoms with E-state index in [0.717, 1.165) is 23.1 Å². The minimum absolute atomic E-state index is 0.0996. The summed E-state index contributed by atoms with van der Waals surface area (Å²) in [5.41, 5.74) is -0.435. The first kappa shape index (κ1) is 22.9. The third kappa shape index (κ3) is 4.32.